The molecule has 5 nitrogen and oxygen atoms in total. The minimum Gasteiger partial charge on any atom is -0.396 e. The summed E-state index contributed by atoms with van der Waals surface area (Å²) in [6.45, 7) is 2.23. The van der Waals surface area contributed by atoms with Crippen LogP contribution in [0.1, 0.15) is 28.8 Å². The van der Waals surface area contributed by atoms with Crippen LogP contribution in [-0.4, -0.2) is 24.2 Å². The number of benzene rings is 2. The van der Waals surface area contributed by atoms with Gasteiger partial charge in [-0.1, -0.05) is 6.07 Å². The van der Waals surface area contributed by atoms with Crippen molar-refractivity contribution in [1.29, 1.82) is 0 Å². The molecule has 0 aliphatic rings. The average Bonchev–Trinajstić information content (AvgIpc) is 2.53. The first-order chi connectivity index (χ1) is 11.9. The Bertz CT molecular complexity index is 766. The summed E-state index contributed by atoms with van der Waals surface area (Å²) in [7, 11) is 0. The van der Waals surface area contributed by atoms with E-state index in [1.165, 1.54) is 12.1 Å². The highest BCUT2D eigenvalue weighted by Gasteiger charge is 2.17. The molecule has 0 aromatic heterocycles. The highest BCUT2D eigenvalue weighted by atomic mass is 19.1. The third-order valence-electron chi connectivity index (χ3n) is 3.64. The van der Waals surface area contributed by atoms with Crippen LogP contribution in [0.25, 0.3) is 0 Å². The van der Waals surface area contributed by atoms with Crippen molar-refractivity contribution in [3.05, 3.63) is 53.1 Å². The Hall–Kier alpha value is -2.67. The highest BCUT2D eigenvalue weighted by Crippen LogP contribution is 2.30. The van der Waals surface area contributed by atoms with E-state index in [2.05, 4.69) is 10.6 Å². The van der Waals surface area contributed by atoms with E-state index >= 15 is 0 Å². The number of aliphatic hydroxyl groups is 1. The molecule has 0 saturated heterocycles. The Labute approximate surface area is 144 Å². The molecule has 0 aliphatic carbocycles. The van der Waals surface area contributed by atoms with Gasteiger partial charge in [0.2, 0.25) is 0 Å². The summed E-state index contributed by atoms with van der Waals surface area (Å²) in [5.41, 5.74) is 6.64. The maximum absolute atomic E-state index is 14.0. The van der Waals surface area contributed by atoms with E-state index in [-0.39, 0.29) is 29.2 Å². The fourth-order valence-corrected chi connectivity index (χ4v) is 2.44. The Kier molecular flexibility index (Phi) is 6.30. The minimum atomic E-state index is -0.764. The van der Waals surface area contributed by atoms with Crippen LogP contribution in [0.3, 0.4) is 0 Å². The summed E-state index contributed by atoms with van der Waals surface area (Å²) in [6, 6.07) is 6.80. The molecule has 134 valence electrons. The lowest BCUT2D eigenvalue weighted by atomic mass is 10.1. The van der Waals surface area contributed by atoms with E-state index in [9.17, 15) is 13.6 Å². The predicted octanol–water partition coefficient (Wildman–Crippen LogP) is 3.30. The number of carbonyl (C=O) groups excluding carboxylic acids is 1. The molecule has 0 saturated carbocycles. The van der Waals surface area contributed by atoms with Crippen molar-refractivity contribution in [2.24, 2.45) is 5.73 Å². The van der Waals surface area contributed by atoms with Gasteiger partial charge in [0.25, 0.3) is 5.91 Å². The second kappa shape index (κ2) is 8.43. The summed E-state index contributed by atoms with van der Waals surface area (Å²) in [4.78, 5) is 11.9. The fraction of sp³-hybridized carbons (Fsp3) is 0.278. The first kappa shape index (κ1) is 18.7. The summed E-state index contributed by atoms with van der Waals surface area (Å²) in [5, 5.41) is 14.5. The molecule has 0 radical (unpaired) electrons. The number of halogens is 2. The van der Waals surface area contributed by atoms with Crippen LogP contribution in [0.5, 0.6) is 0 Å². The zero-order chi connectivity index (χ0) is 18.4. The zero-order valence-electron chi connectivity index (χ0n) is 13.9. The summed E-state index contributed by atoms with van der Waals surface area (Å²) in [6.07, 6.45) is 1.22. The Morgan fingerprint density at radius 2 is 1.84 bits per heavy atom. The maximum Gasteiger partial charge on any atom is 0.252 e. The second-order valence-electron chi connectivity index (χ2n) is 5.71. The van der Waals surface area contributed by atoms with Crippen LogP contribution in [0.4, 0.5) is 25.8 Å². The molecule has 7 heteroatoms. The van der Waals surface area contributed by atoms with Crippen LogP contribution < -0.4 is 16.4 Å². The third kappa shape index (κ3) is 4.90. The molecule has 0 atom stereocenters. The van der Waals surface area contributed by atoms with E-state index in [1.54, 1.807) is 13.0 Å². The number of unbranched alkanes of at least 4 members (excludes halogenated alkanes) is 1. The zero-order valence-corrected chi connectivity index (χ0v) is 13.9. The smallest absolute Gasteiger partial charge is 0.252 e. The summed E-state index contributed by atoms with van der Waals surface area (Å²) >= 11 is 0. The van der Waals surface area contributed by atoms with E-state index in [0.717, 1.165) is 17.7 Å². The molecular weight excluding hydrogens is 328 g/mol. The Morgan fingerprint density at radius 3 is 2.48 bits per heavy atom. The molecule has 0 unspecified atom stereocenters. The van der Waals surface area contributed by atoms with Crippen molar-refractivity contribution in [2.75, 3.05) is 23.8 Å². The van der Waals surface area contributed by atoms with Crippen molar-refractivity contribution >= 4 is 23.0 Å². The number of carbonyl (C=O) groups is 1. The number of hydrogen-bond acceptors (Lipinski definition) is 4. The molecular formula is C18H21F2N3O2. The lowest BCUT2D eigenvalue weighted by Crippen LogP contribution is -2.17. The van der Waals surface area contributed by atoms with Crippen molar-refractivity contribution in [3.63, 3.8) is 0 Å². The summed E-state index contributed by atoms with van der Waals surface area (Å²) < 4.78 is 28.0. The average molecular weight is 349 g/mol. The normalized spacial score (nSPS) is 10.6. The first-order valence-electron chi connectivity index (χ1n) is 7.93. The predicted molar refractivity (Wildman–Crippen MR) is 94.1 cm³/mol. The van der Waals surface area contributed by atoms with Crippen LogP contribution in [0.2, 0.25) is 0 Å². The minimum absolute atomic E-state index is 0.0466. The van der Waals surface area contributed by atoms with E-state index in [0.29, 0.717) is 19.4 Å². The number of hydrogen-bond donors (Lipinski definition) is 4. The van der Waals surface area contributed by atoms with Crippen molar-refractivity contribution < 1.29 is 18.7 Å². The van der Waals surface area contributed by atoms with Gasteiger partial charge >= 0.3 is 0 Å². The second-order valence-corrected chi connectivity index (χ2v) is 5.71. The topological polar surface area (TPSA) is 87.4 Å². The number of anilines is 3. The van der Waals surface area contributed by atoms with E-state index < -0.39 is 17.5 Å². The van der Waals surface area contributed by atoms with Gasteiger partial charge in [0.15, 0.2) is 0 Å². The Balaban J connectivity index is 2.35. The molecule has 2 aromatic carbocycles. The summed E-state index contributed by atoms with van der Waals surface area (Å²) in [5.74, 6) is -1.87. The van der Waals surface area contributed by atoms with Crippen LogP contribution in [-0.2, 0) is 0 Å². The largest absolute Gasteiger partial charge is 0.396 e. The van der Waals surface area contributed by atoms with Crippen LogP contribution in [0.15, 0.2) is 30.3 Å². The van der Waals surface area contributed by atoms with E-state index in [4.69, 9.17) is 10.8 Å². The van der Waals surface area contributed by atoms with Gasteiger partial charge in [-0.25, -0.2) is 8.78 Å². The molecule has 0 spiro atoms. The van der Waals surface area contributed by atoms with Gasteiger partial charge in [0.1, 0.15) is 11.6 Å². The van der Waals surface area contributed by atoms with Gasteiger partial charge in [0, 0.05) is 13.2 Å². The molecule has 0 bridgehead atoms. The number of nitrogens with two attached hydrogens (primary N) is 1. The van der Waals surface area contributed by atoms with E-state index in [1.807, 2.05) is 0 Å². The number of aliphatic hydroxyl groups excluding tert-OH is 1. The number of aryl methyl sites for hydroxylation is 1. The molecule has 2 rings (SSSR count). The number of primary amides is 1. The molecule has 5 N–H and O–H groups in total. The molecule has 1 amide bonds. The third-order valence-corrected chi connectivity index (χ3v) is 3.64. The van der Waals surface area contributed by atoms with Gasteiger partial charge in [0.05, 0.1) is 22.6 Å². The molecule has 0 heterocycles. The highest BCUT2D eigenvalue weighted by molar-refractivity contribution is 6.04. The molecule has 2 aromatic rings. The van der Waals surface area contributed by atoms with Crippen LogP contribution >= 0.6 is 0 Å². The number of amides is 1. The van der Waals surface area contributed by atoms with Gasteiger partial charge in [-0.05, 0) is 49.6 Å². The van der Waals surface area contributed by atoms with Gasteiger partial charge in [-0.15, -0.1) is 0 Å². The molecule has 0 aliphatic heterocycles. The van der Waals surface area contributed by atoms with Gasteiger partial charge in [-0.3, -0.25) is 4.79 Å². The van der Waals surface area contributed by atoms with Gasteiger partial charge < -0.3 is 21.5 Å². The van der Waals surface area contributed by atoms with Crippen molar-refractivity contribution in [3.8, 4) is 0 Å². The SMILES string of the molecule is Cc1ccc(Nc2cc(F)cc(NCCCCO)c2C(N)=O)c(F)c1. The van der Waals surface area contributed by atoms with Crippen molar-refractivity contribution in [2.45, 2.75) is 19.8 Å². The van der Waals surface area contributed by atoms with Gasteiger partial charge in [-0.2, -0.15) is 0 Å². The van der Waals surface area contributed by atoms with Crippen LogP contribution in [0, 0.1) is 18.6 Å². The lowest BCUT2D eigenvalue weighted by Gasteiger charge is -2.16. The Morgan fingerprint density at radius 1 is 1.12 bits per heavy atom. The number of nitrogens with one attached hydrogen (secondary N) is 2. The first-order valence-corrected chi connectivity index (χ1v) is 7.93. The lowest BCUT2D eigenvalue weighted by molar-refractivity contribution is 0.100. The standard InChI is InChI=1S/C18H21F2N3O2/c1-11-4-5-14(13(20)8-11)23-16-10-12(19)9-15(17(16)18(21)25)22-6-2-3-7-24/h4-5,8-10,22-24H,2-3,6-7H2,1H3,(H2,21,25). The fourth-order valence-electron chi connectivity index (χ4n) is 2.44. The number of rotatable bonds is 8. The van der Waals surface area contributed by atoms with Crippen molar-refractivity contribution in [1.82, 2.24) is 0 Å². The quantitative estimate of drug-likeness (QED) is 0.551. The molecule has 0 fully saturated rings. The maximum atomic E-state index is 14.0. The molecule has 25 heavy (non-hydrogen) atoms. The monoisotopic (exact) mass is 349 g/mol.